The lowest BCUT2D eigenvalue weighted by molar-refractivity contribution is 0.0930. The van der Waals surface area contributed by atoms with Crippen LogP contribution >= 0.6 is 0 Å². The van der Waals surface area contributed by atoms with Crippen LogP contribution in [0.2, 0.25) is 0 Å². The minimum atomic E-state index is -0.366. The highest BCUT2D eigenvalue weighted by atomic mass is 16.2. The Morgan fingerprint density at radius 2 is 2.08 bits per heavy atom. The fraction of sp³-hybridized carbons (Fsp3) is 0.269. The van der Waals surface area contributed by atoms with Gasteiger partial charge in [0, 0.05) is 61.4 Å². The highest BCUT2D eigenvalue weighted by molar-refractivity contribution is 5.93. The number of aryl methyl sites for hydroxylation is 1. The molecule has 1 aliphatic carbocycles. The Hall–Kier alpha value is -4.47. The van der Waals surface area contributed by atoms with Crippen LogP contribution < -0.4 is 10.6 Å². The van der Waals surface area contributed by atoms with Crippen molar-refractivity contribution in [2.24, 2.45) is 7.05 Å². The van der Waals surface area contributed by atoms with E-state index in [1.165, 1.54) is 0 Å². The maximum atomic E-state index is 13.4. The molecule has 0 spiro atoms. The number of nitrogens with one attached hydrogen (secondary N) is 4. The number of hydrogen-bond donors (Lipinski definition) is 4. The van der Waals surface area contributed by atoms with E-state index in [0.29, 0.717) is 23.7 Å². The third kappa shape index (κ3) is 4.33. The average Bonchev–Trinajstić information content (AvgIpc) is 3.26. The number of hydrogen-bond acceptors (Lipinski definition) is 6. The number of para-hydroxylation sites is 1. The number of fused-ring (bicyclic) bond motifs is 1. The molecule has 10 nitrogen and oxygen atoms in total. The van der Waals surface area contributed by atoms with Gasteiger partial charge in [0.15, 0.2) is 0 Å². The van der Waals surface area contributed by atoms with Crippen LogP contribution in [0.25, 0.3) is 22.2 Å². The minimum absolute atomic E-state index is 0.250. The van der Waals surface area contributed by atoms with Crippen molar-refractivity contribution in [1.29, 1.82) is 0 Å². The second-order valence-electron chi connectivity index (χ2n) is 9.22. The van der Waals surface area contributed by atoms with E-state index in [1.807, 2.05) is 50.8 Å². The van der Waals surface area contributed by atoms with Gasteiger partial charge in [-0.15, -0.1) is 0 Å². The van der Waals surface area contributed by atoms with Crippen molar-refractivity contribution in [3.05, 3.63) is 77.8 Å². The predicted octanol–water partition coefficient (Wildman–Crippen LogP) is 3.71. The number of rotatable bonds is 8. The summed E-state index contributed by atoms with van der Waals surface area (Å²) in [5.41, 5.74) is 4.83. The SMILES string of the molecule is CNc1cc([C@H](Cc2c[nH]c3ccccc23)NC(=O)c2cc(-c3cnn(C)c3)n[nH]2)nc(C2CC2)n1. The van der Waals surface area contributed by atoms with E-state index in [9.17, 15) is 4.79 Å². The number of anilines is 1. The van der Waals surface area contributed by atoms with Crippen LogP contribution in [0.15, 0.2) is 55.0 Å². The Morgan fingerprint density at radius 3 is 2.86 bits per heavy atom. The molecule has 6 rings (SSSR count). The molecule has 5 aromatic rings. The normalized spacial score (nSPS) is 14.2. The van der Waals surface area contributed by atoms with E-state index in [-0.39, 0.29) is 11.9 Å². The zero-order valence-corrected chi connectivity index (χ0v) is 20.1. The number of H-pyrrole nitrogens is 2. The smallest absolute Gasteiger partial charge is 0.269 e. The monoisotopic (exact) mass is 481 g/mol. The van der Waals surface area contributed by atoms with E-state index < -0.39 is 0 Å². The highest BCUT2D eigenvalue weighted by Gasteiger charge is 2.29. The standard InChI is InChI=1S/C26H27N9O/c1-27-24-11-22(30-25(32-24)15-7-8-15)21(9-16-12-28-19-6-4-3-5-18(16)19)31-26(36)23-10-20(33-34-23)17-13-29-35(2)14-17/h3-6,10-15,21,28H,7-9H2,1-2H3,(H,31,36)(H,33,34)(H,27,30,32)/t21-/m0/s1. The van der Waals surface area contributed by atoms with Gasteiger partial charge in [-0.1, -0.05) is 18.2 Å². The van der Waals surface area contributed by atoms with Crippen molar-refractivity contribution >= 4 is 22.6 Å². The molecule has 0 aliphatic heterocycles. The van der Waals surface area contributed by atoms with E-state index in [0.717, 1.165) is 52.2 Å². The molecule has 0 radical (unpaired) electrons. The molecular formula is C26H27N9O. The Bertz CT molecular complexity index is 1540. The summed E-state index contributed by atoms with van der Waals surface area (Å²) in [5.74, 6) is 1.71. The quantitative estimate of drug-likeness (QED) is 0.267. The lowest BCUT2D eigenvalue weighted by Gasteiger charge is -2.19. The first-order chi connectivity index (χ1) is 17.6. The molecule has 1 saturated carbocycles. The molecule has 1 aromatic carbocycles. The first kappa shape index (κ1) is 22.0. The maximum absolute atomic E-state index is 13.4. The second-order valence-corrected chi connectivity index (χ2v) is 9.22. The lowest BCUT2D eigenvalue weighted by atomic mass is 10.0. The summed E-state index contributed by atoms with van der Waals surface area (Å²) in [6, 6.07) is 11.5. The van der Waals surface area contributed by atoms with Gasteiger partial charge in [0.25, 0.3) is 5.91 Å². The first-order valence-electron chi connectivity index (χ1n) is 12.0. The summed E-state index contributed by atoms with van der Waals surface area (Å²) in [6.07, 6.45) is 8.34. The van der Waals surface area contributed by atoms with Gasteiger partial charge in [-0.2, -0.15) is 10.2 Å². The topological polar surface area (TPSA) is 129 Å². The van der Waals surface area contributed by atoms with E-state index >= 15 is 0 Å². The van der Waals surface area contributed by atoms with Gasteiger partial charge in [-0.05, 0) is 30.5 Å². The molecule has 1 atom stereocenters. The molecule has 36 heavy (non-hydrogen) atoms. The van der Waals surface area contributed by atoms with Gasteiger partial charge in [0.1, 0.15) is 17.3 Å². The van der Waals surface area contributed by atoms with E-state index in [2.05, 4.69) is 42.0 Å². The van der Waals surface area contributed by atoms with Crippen LogP contribution in [0.5, 0.6) is 0 Å². The molecule has 4 N–H and O–H groups in total. The molecule has 0 unspecified atom stereocenters. The summed E-state index contributed by atoms with van der Waals surface area (Å²) < 4.78 is 1.70. The molecular weight excluding hydrogens is 454 g/mol. The zero-order valence-electron chi connectivity index (χ0n) is 20.1. The van der Waals surface area contributed by atoms with E-state index in [4.69, 9.17) is 4.98 Å². The van der Waals surface area contributed by atoms with Crippen molar-refractivity contribution in [2.45, 2.75) is 31.2 Å². The second kappa shape index (κ2) is 8.95. The molecule has 4 heterocycles. The highest BCUT2D eigenvalue weighted by Crippen LogP contribution is 2.39. The summed E-state index contributed by atoms with van der Waals surface area (Å²) in [6.45, 7) is 0. The summed E-state index contributed by atoms with van der Waals surface area (Å²) in [7, 11) is 3.69. The average molecular weight is 482 g/mol. The Morgan fingerprint density at radius 1 is 1.22 bits per heavy atom. The van der Waals surface area contributed by atoms with Crippen LogP contribution in [-0.4, -0.2) is 47.9 Å². The van der Waals surface area contributed by atoms with Gasteiger partial charge < -0.3 is 15.6 Å². The predicted molar refractivity (Wildman–Crippen MR) is 137 cm³/mol. The fourth-order valence-corrected chi connectivity index (χ4v) is 4.44. The number of aromatic amines is 2. The van der Waals surface area contributed by atoms with Crippen molar-refractivity contribution < 1.29 is 4.79 Å². The number of aromatic nitrogens is 7. The zero-order chi connectivity index (χ0) is 24.6. The van der Waals surface area contributed by atoms with Gasteiger partial charge in [-0.25, -0.2) is 9.97 Å². The number of benzene rings is 1. The van der Waals surface area contributed by atoms with Crippen molar-refractivity contribution in [3.8, 4) is 11.3 Å². The van der Waals surface area contributed by atoms with Crippen LogP contribution in [0.1, 0.15) is 52.4 Å². The lowest BCUT2D eigenvalue weighted by Crippen LogP contribution is -2.31. The van der Waals surface area contributed by atoms with Crippen LogP contribution in [0.4, 0.5) is 5.82 Å². The first-order valence-corrected chi connectivity index (χ1v) is 12.0. The molecule has 10 heteroatoms. The molecule has 1 aliphatic rings. The summed E-state index contributed by atoms with van der Waals surface area (Å²) >= 11 is 0. The number of carbonyl (C=O) groups excluding carboxylic acids is 1. The molecule has 182 valence electrons. The number of amides is 1. The number of nitrogens with zero attached hydrogens (tertiary/aromatic N) is 5. The Kier molecular flexibility index (Phi) is 5.48. The van der Waals surface area contributed by atoms with E-state index in [1.54, 1.807) is 16.9 Å². The maximum Gasteiger partial charge on any atom is 0.269 e. The fourth-order valence-electron chi connectivity index (χ4n) is 4.44. The summed E-state index contributed by atoms with van der Waals surface area (Å²) in [4.78, 5) is 26.3. The number of carbonyl (C=O) groups is 1. The third-order valence-corrected chi connectivity index (χ3v) is 6.55. The minimum Gasteiger partial charge on any atom is -0.373 e. The van der Waals surface area contributed by atoms with Crippen LogP contribution in [0.3, 0.4) is 0 Å². The molecule has 0 bridgehead atoms. The van der Waals surface area contributed by atoms with Crippen molar-refractivity contribution in [2.75, 3.05) is 12.4 Å². The van der Waals surface area contributed by atoms with Gasteiger partial charge in [-0.3, -0.25) is 14.6 Å². The van der Waals surface area contributed by atoms with Gasteiger partial charge in [0.05, 0.1) is 23.6 Å². The largest absolute Gasteiger partial charge is 0.373 e. The van der Waals surface area contributed by atoms with Crippen molar-refractivity contribution in [1.82, 2.24) is 40.2 Å². The van der Waals surface area contributed by atoms with Gasteiger partial charge >= 0.3 is 0 Å². The Balaban J connectivity index is 1.33. The van der Waals surface area contributed by atoms with Gasteiger partial charge in [0.2, 0.25) is 0 Å². The molecule has 1 amide bonds. The van der Waals surface area contributed by atoms with Crippen molar-refractivity contribution in [3.63, 3.8) is 0 Å². The molecule has 1 fully saturated rings. The third-order valence-electron chi connectivity index (χ3n) is 6.55. The Labute approximate surface area is 207 Å². The van der Waals surface area contributed by atoms with Crippen LogP contribution in [0, 0.1) is 0 Å². The summed E-state index contributed by atoms with van der Waals surface area (Å²) in [5, 5.41) is 18.8. The molecule has 4 aromatic heterocycles. The molecule has 0 saturated heterocycles. The van der Waals surface area contributed by atoms with Crippen LogP contribution in [-0.2, 0) is 13.5 Å².